The fraction of sp³-hybridized carbons (Fsp3) is 0.667. The van der Waals surface area contributed by atoms with E-state index >= 15 is 0 Å². The summed E-state index contributed by atoms with van der Waals surface area (Å²) < 4.78 is 1.69. The summed E-state index contributed by atoms with van der Waals surface area (Å²) in [6.07, 6.45) is 5.86. The Morgan fingerprint density at radius 3 is 1.92 bits per heavy atom. The molecule has 1 fully saturated rings. The van der Waals surface area contributed by atoms with E-state index in [1.165, 1.54) is 19.5 Å². The number of hydrogen-bond acceptors (Lipinski definition) is 2. The van der Waals surface area contributed by atoms with E-state index in [2.05, 4.69) is 16.6 Å². The minimum Gasteiger partial charge on any atom is -0.372 e. The Morgan fingerprint density at radius 2 is 1.85 bits per heavy atom. The first-order valence-electron chi connectivity index (χ1n) is 4.46. The van der Waals surface area contributed by atoms with E-state index in [1.54, 1.807) is 10.7 Å². The van der Waals surface area contributed by atoms with Crippen LogP contribution in [0.4, 0.5) is 0 Å². The molecule has 0 saturated carbocycles. The molecule has 0 spiro atoms. The van der Waals surface area contributed by atoms with Gasteiger partial charge in [-0.15, -0.1) is 12.4 Å². The van der Waals surface area contributed by atoms with Crippen molar-refractivity contribution in [1.82, 2.24) is 15.1 Å². The van der Waals surface area contributed by atoms with Crippen LogP contribution in [-0.4, -0.2) is 22.9 Å². The van der Waals surface area contributed by atoms with Crippen LogP contribution in [0.1, 0.15) is 20.3 Å². The van der Waals surface area contributed by atoms with Crippen LogP contribution >= 0.6 is 0 Å². The normalized spacial score (nSPS) is 11.9. The van der Waals surface area contributed by atoms with Gasteiger partial charge in [0.15, 0.2) is 0 Å². The molecule has 0 aromatic carbocycles. The van der Waals surface area contributed by atoms with Crippen LogP contribution in [0.5, 0.6) is 0 Å². The first kappa shape index (κ1) is 15.3. The molecule has 13 heavy (non-hydrogen) atoms. The fourth-order valence-electron chi connectivity index (χ4n) is 0.476. The maximum atomic E-state index is 3.71. The molecule has 4 heteroatoms. The summed E-state index contributed by atoms with van der Waals surface area (Å²) in [4.78, 5) is 0. The molecule has 76 valence electrons. The molecular formula is C9H18N3W-. The van der Waals surface area contributed by atoms with Gasteiger partial charge in [-0.25, -0.2) is 0 Å². The minimum absolute atomic E-state index is 0. The summed E-state index contributed by atoms with van der Waals surface area (Å²) in [7, 11) is 1.86. The van der Waals surface area contributed by atoms with Crippen molar-refractivity contribution in [3.8, 4) is 0 Å². The zero-order valence-corrected chi connectivity index (χ0v) is 11.5. The van der Waals surface area contributed by atoms with Gasteiger partial charge < -0.3 is 15.1 Å². The van der Waals surface area contributed by atoms with Gasteiger partial charge in [-0.2, -0.15) is 6.07 Å². The summed E-state index contributed by atoms with van der Waals surface area (Å²) in [5, 5.41) is 6.82. The maximum absolute atomic E-state index is 3.71. The van der Waals surface area contributed by atoms with Crippen LogP contribution in [0.25, 0.3) is 0 Å². The number of nitrogens with zero attached hydrogens (tertiary/aromatic N) is 2. The third kappa shape index (κ3) is 9.77. The van der Waals surface area contributed by atoms with Crippen molar-refractivity contribution in [2.24, 2.45) is 7.05 Å². The molecule has 0 unspecified atom stereocenters. The van der Waals surface area contributed by atoms with Crippen LogP contribution < -0.4 is 5.32 Å². The summed E-state index contributed by atoms with van der Waals surface area (Å²) in [5.74, 6) is 0. The number of aryl methyl sites for hydroxylation is 1. The van der Waals surface area contributed by atoms with Crippen LogP contribution in [0.15, 0.2) is 12.3 Å². The molecule has 1 aliphatic heterocycles. The zero-order chi connectivity index (χ0) is 9.23. The topological polar surface area (TPSA) is 29.9 Å². The van der Waals surface area contributed by atoms with E-state index in [1.807, 2.05) is 27.1 Å². The Labute approximate surface area is 95.2 Å². The monoisotopic (exact) mass is 352 g/mol. The number of hydrogen-bond donors (Lipinski definition) is 1. The van der Waals surface area contributed by atoms with Gasteiger partial charge in [-0.1, -0.05) is 13.8 Å². The standard InChI is InChI=1S/C4H5N2.C3H7N.C2H6.W/c1-6-4-2-3-5-6;1-2-4-3-1;1-2;/h2,4H,1H3;4H,1-3H2;1-2H3;/q-1;;;. The van der Waals surface area contributed by atoms with Gasteiger partial charge >= 0.3 is 0 Å². The molecule has 0 bridgehead atoms. The second kappa shape index (κ2) is 11.9. The largest absolute Gasteiger partial charge is 0.372 e. The Kier molecular flexibility index (Phi) is 14.0. The molecule has 1 aromatic rings. The van der Waals surface area contributed by atoms with Crippen molar-refractivity contribution in [3.05, 3.63) is 18.5 Å². The minimum atomic E-state index is 0. The Morgan fingerprint density at radius 1 is 1.38 bits per heavy atom. The molecule has 2 rings (SSSR count). The summed E-state index contributed by atoms with van der Waals surface area (Å²) in [5.41, 5.74) is 0. The maximum Gasteiger partial charge on any atom is 0.00866 e. The van der Waals surface area contributed by atoms with Crippen molar-refractivity contribution < 1.29 is 21.1 Å². The van der Waals surface area contributed by atoms with E-state index in [-0.39, 0.29) is 21.1 Å². The van der Waals surface area contributed by atoms with Gasteiger partial charge in [0.25, 0.3) is 0 Å². The van der Waals surface area contributed by atoms with Gasteiger partial charge in [0.05, 0.1) is 0 Å². The van der Waals surface area contributed by atoms with Gasteiger partial charge in [0, 0.05) is 28.1 Å². The predicted molar refractivity (Wildman–Crippen MR) is 50.9 cm³/mol. The molecule has 0 aliphatic carbocycles. The Bertz CT molecular complexity index is 155. The summed E-state index contributed by atoms with van der Waals surface area (Å²) >= 11 is 0. The molecule has 1 aromatic heterocycles. The molecule has 3 nitrogen and oxygen atoms in total. The van der Waals surface area contributed by atoms with Crippen molar-refractivity contribution in [3.63, 3.8) is 0 Å². The summed E-state index contributed by atoms with van der Waals surface area (Å²) in [6.45, 7) is 6.50. The first-order valence-corrected chi connectivity index (χ1v) is 4.46. The van der Waals surface area contributed by atoms with Gasteiger partial charge in [0.1, 0.15) is 0 Å². The predicted octanol–water partition coefficient (Wildman–Crippen LogP) is 1.22. The number of rotatable bonds is 0. The van der Waals surface area contributed by atoms with Crippen LogP contribution in [-0.2, 0) is 28.1 Å². The van der Waals surface area contributed by atoms with E-state index < -0.39 is 0 Å². The van der Waals surface area contributed by atoms with Crippen LogP contribution in [0.3, 0.4) is 0 Å². The van der Waals surface area contributed by atoms with E-state index in [4.69, 9.17) is 0 Å². The van der Waals surface area contributed by atoms with Crippen molar-refractivity contribution in [2.75, 3.05) is 13.1 Å². The molecule has 0 radical (unpaired) electrons. The molecule has 0 amide bonds. The molecule has 1 N–H and O–H groups in total. The third-order valence-electron chi connectivity index (χ3n) is 1.29. The van der Waals surface area contributed by atoms with E-state index in [0.717, 1.165) is 0 Å². The third-order valence-corrected chi connectivity index (χ3v) is 1.29. The van der Waals surface area contributed by atoms with Crippen molar-refractivity contribution in [2.45, 2.75) is 20.3 Å². The number of nitrogens with one attached hydrogen (secondary N) is 1. The average molecular weight is 352 g/mol. The molecule has 2 heterocycles. The first-order chi connectivity index (χ1) is 5.89. The van der Waals surface area contributed by atoms with Crippen molar-refractivity contribution in [1.29, 1.82) is 0 Å². The van der Waals surface area contributed by atoms with Crippen molar-refractivity contribution >= 4 is 0 Å². The second-order valence-electron chi connectivity index (χ2n) is 2.22. The van der Waals surface area contributed by atoms with Crippen LogP contribution in [0.2, 0.25) is 0 Å². The van der Waals surface area contributed by atoms with Gasteiger partial charge in [-0.3, -0.25) is 0 Å². The molecule has 1 saturated heterocycles. The smallest absolute Gasteiger partial charge is 0.00866 e. The molecule has 1 aliphatic rings. The Balaban J connectivity index is 0. The van der Waals surface area contributed by atoms with E-state index in [9.17, 15) is 0 Å². The molecular weight excluding hydrogens is 334 g/mol. The second-order valence-corrected chi connectivity index (χ2v) is 2.22. The fourth-order valence-corrected chi connectivity index (χ4v) is 0.476. The Hall–Kier alpha value is -0.142. The van der Waals surface area contributed by atoms with E-state index in [0.29, 0.717) is 0 Å². The van der Waals surface area contributed by atoms with Gasteiger partial charge in [-0.05, 0) is 19.5 Å². The SMILES string of the molecule is C1CNC1.CC.Cn1cc[c-]n1.[W]. The zero-order valence-electron chi connectivity index (χ0n) is 8.58. The molecule has 0 atom stereocenters. The quantitative estimate of drug-likeness (QED) is 0.712. The van der Waals surface area contributed by atoms with Gasteiger partial charge in [0.2, 0.25) is 0 Å². The average Bonchev–Trinajstić information content (AvgIpc) is 2.40. The summed E-state index contributed by atoms with van der Waals surface area (Å²) in [6, 6.07) is 1.76. The number of aromatic nitrogens is 2. The van der Waals surface area contributed by atoms with Crippen LogP contribution in [0, 0.1) is 6.20 Å².